The molecule has 1 heterocycles. The summed E-state index contributed by atoms with van der Waals surface area (Å²) in [6, 6.07) is 16.2. The Labute approximate surface area is 139 Å². The van der Waals surface area contributed by atoms with Crippen molar-refractivity contribution in [3.05, 3.63) is 71.5 Å². The van der Waals surface area contributed by atoms with Crippen LogP contribution < -0.4 is 0 Å². The van der Waals surface area contributed by atoms with Crippen molar-refractivity contribution in [2.45, 2.75) is 24.1 Å². The first-order chi connectivity index (χ1) is 10.6. The van der Waals surface area contributed by atoms with Crippen molar-refractivity contribution in [2.24, 2.45) is 0 Å². The summed E-state index contributed by atoms with van der Waals surface area (Å²) in [5.74, 6) is 1.90. The van der Waals surface area contributed by atoms with Gasteiger partial charge in [0.05, 0.1) is 16.8 Å². The fourth-order valence-electron chi connectivity index (χ4n) is 2.36. The Morgan fingerprint density at radius 1 is 1.18 bits per heavy atom. The second-order valence-electron chi connectivity index (χ2n) is 5.30. The molecule has 0 atom stereocenters. The van der Waals surface area contributed by atoms with Crippen LogP contribution in [-0.4, -0.2) is 9.55 Å². The van der Waals surface area contributed by atoms with E-state index in [1.54, 1.807) is 11.8 Å². The lowest BCUT2D eigenvalue weighted by atomic mass is 10.3. The van der Waals surface area contributed by atoms with Crippen LogP contribution in [0.15, 0.2) is 65.6 Å². The Morgan fingerprint density at radius 2 is 1.91 bits per heavy atom. The third-order valence-electron chi connectivity index (χ3n) is 3.34. The largest absolute Gasteiger partial charge is 0.323 e. The highest BCUT2D eigenvalue weighted by atomic mass is 35.5. The van der Waals surface area contributed by atoms with Gasteiger partial charge in [-0.1, -0.05) is 35.9 Å². The predicted octanol–water partition coefficient (Wildman–Crippen LogP) is 5.56. The summed E-state index contributed by atoms with van der Waals surface area (Å²) in [5, 5.41) is 0.763. The van der Waals surface area contributed by atoms with Crippen LogP contribution in [0.3, 0.4) is 0 Å². The van der Waals surface area contributed by atoms with Gasteiger partial charge in [-0.25, -0.2) is 4.98 Å². The van der Waals surface area contributed by atoms with Crippen molar-refractivity contribution < 1.29 is 0 Å². The van der Waals surface area contributed by atoms with Crippen molar-refractivity contribution >= 4 is 34.4 Å². The zero-order chi connectivity index (χ0) is 15.5. The lowest BCUT2D eigenvalue weighted by molar-refractivity contribution is 0.769. The zero-order valence-electron chi connectivity index (χ0n) is 12.4. The van der Waals surface area contributed by atoms with E-state index in [9.17, 15) is 0 Å². The number of aromatic nitrogens is 2. The number of benzene rings is 2. The Morgan fingerprint density at radius 3 is 2.64 bits per heavy atom. The maximum atomic E-state index is 5.93. The molecule has 22 heavy (non-hydrogen) atoms. The summed E-state index contributed by atoms with van der Waals surface area (Å²) in [4.78, 5) is 5.97. The molecule has 0 radical (unpaired) electrons. The molecule has 2 aromatic carbocycles. The number of para-hydroxylation sites is 2. The quantitative estimate of drug-likeness (QED) is 0.451. The molecule has 4 heteroatoms. The molecule has 0 saturated carbocycles. The van der Waals surface area contributed by atoms with Gasteiger partial charge in [0.2, 0.25) is 0 Å². The molecule has 0 bridgehead atoms. The number of thioether (sulfide) groups is 1. The average Bonchev–Trinajstić information content (AvgIpc) is 2.84. The fraction of sp³-hybridized carbons (Fsp3) is 0.167. The fourth-order valence-corrected chi connectivity index (χ4v) is 3.33. The van der Waals surface area contributed by atoms with Crippen LogP contribution in [0.2, 0.25) is 5.02 Å². The van der Waals surface area contributed by atoms with E-state index in [0.717, 1.165) is 39.8 Å². The minimum absolute atomic E-state index is 0.763. The number of rotatable bonds is 5. The molecule has 0 N–H and O–H groups in total. The Bertz CT molecular complexity index is 806. The number of fused-ring (bicyclic) bond motifs is 1. The predicted molar refractivity (Wildman–Crippen MR) is 95.6 cm³/mol. The van der Waals surface area contributed by atoms with Gasteiger partial charge < -0.3 is 4.57 Å². The molecular formula is C18H17ClN2S. The maximum absolute atomic E-state index is 5.93. The molecule has 0 spiro atoms. The van der Waals surface area contributed by atoms with Crippen molar-refractivity contribution in [2.75, 3.05) is 0 Å². The van der Waals surface area contributed by atoms with E-state index in [-0.39, 0.29) is 0 Å². The second kappa shape index (κ2) is 6.59. The van der Waals surface area contributed by atoms with Crippen molar-refractivity contribution in [3.8, 4) is 0 Å². The van der Waals surface area contributed by atoms with E-state index in [1.165, 1.54) is 4.90 Å². The molecule has 0 amide bonds. The monoisotopic (exact) mass is 328 g/mol. The molecule has 3 rings (SSSR count). The van der Waals surface area contributed by atoms with Crippen LogP contribution in [0.25, 0.3) is 11.0 Å². The Balaban J connectivity index is 1.88. The van der Waals surface area contributed by atoms with E-state index in [1.807, 2.05) is 37.3 Å². The molecule has 0 aliphatic carbocycles. The molecule has 3 aromatic rings. The number of allylic oxidation sites excluding steroid dienone is 1. The average molecular weight is 329 g/mol. The molecule has 2 nitrogen and oxygen atoms in total. The highest BCUT2D eigenvalue weighted by Gasteiger charge is 2.10. The minimum Gasteiger partial charge on any atom is -0.323 e. The summed E-state index contributed by atoms with van der Waals surface area (Å²) in [5.41, 5.74) is 3.33. The van der Waals surface area contributed by atoms with E-state index in [4.69, 9.17) is 16.6 Å². The van der Waals surface area contributed by atoms with E-state index >= 15 is 0 Å². The molecular weight excluding hydrogens is 312 g/mol. The summed E-state index contributed by atoms with van der Waals surface area (Å²) in [6.45, 7) is 6.88. The molecule has 0 saturated heterocycles. The first-order valence-corrected chi connectivity index (χ1v) is 8.47. The van der Waals surface area contributed by atoms with Crippen LogP contribution in [0.5, 0.6) is 0 Å². The molecule has 1 aromatic heterocycles. The van der Waals surface area contributed by atoms with Crippen LogP contribution in [-0.2, 0) is 12.3 Å². The minimum atomic E-state index is 0.763. The van der Waals surface area contributed by atoms with Crippen molar-refractivity contribution in [1.82, 2.24) is 9.55 Å². The number of hydrogen-bond acceptors (Lipinski definition) is 2. The topological polar surface area (TPSA) is 17.8 Å². The molecule has 0 aliphatic rings. The number of imidazole rings is 1. The lowest BCUT2D eigenvalue weighted by Crippen LogP contribution is -2.03. The first-order valence-electron chi connectivity index (χ1n) is 7.10. The molecule has 0 aliphatic heterocycles. The molecule has 112 valence electrons. The van der Waals surface area contributed by atoms with Gasteiger partial charge in [0.15, 0.2) is 0 Å². The van der Waals surface area contributed by atoms with Crippen LogP contribution in [0, 0.1) is 0 Å². The van der Waals surface area contributed by atoms with E-state index in [0.29, 0.717) is 0 Å². The third-order valence-corrected chi connectivity index (χ3v) is 4.60. The van der Waals surface area contributed by atoms with Gasteiger partial charge in [-0.15, -0.1) is 11.8 Å². The van der Waals surface area contributed by atoms with Crippen LogP contribution in [0.4, 0.5) is 0 Å². The number of halogens is 1. The van der Waals surface area contributed by atoms with Gasteiger partial charge in [-0.3, -0.25) is 0 Å². The summed E-state index contributed by atoms with van der Waals surface area (Å²) in [7, 11) is 0. The summed E-state index contributed by atoms with van der Waals surface area (Å²) < 4.78 is 2.25. The molecule has 0 unspecified atom stereocenters. The zero-order valence-corrected chi connectivity index (χ0v) is 14.0. The highest BCUT2D eigenvalue weighted by Crippen LogP contribution is 2.26. The van der Waals surface area contributed by atoms with Gasteiger partial charge >= 0.3 is 0 Å². The van der Waals surface area contributed by atoms with E-state index in [2.05, 4.69) is 29.3 Å². The lowest BCUT2D eigenvalue weighted by Gasteiger charge is -2.09. The van der Waals surface area contributed by atoms with Crippen molar-refractivity contribution in [3.63, 3.8) is 0 Å². The number of nitrogens with zero attached hydrogens (tertiary/aromatic N) is 2. The normalized spacial score (nSPS) is 11.0. The van der Waals surface area contributed by atoms with Gasteiger partial charge in [-0.05, 0) is 43.3 Å². The van der Waals surface area contributed by atoms with Crippen LogP contribution in [0.1, 0.15) is 12.7 Å². The Hall–Kier alpha value is -1.71. The van der Waals surface area contributed by atoms with Crippen LogP contribution >= 0.6 is 23.4 Å². The van der Waals surface area contributed by atoms with Gasteiger partial charge in [-0.2, -0.15) is 0 Å². The van der Waals surface area contributed by atoms with E-state index < -0.39 is 0 Å². The maximum Gasteiger partial charge on any atom is 0.120 e. The second-order valence-corrected chi connectivity index (χ2v) is 6.79. The first kappa shape index (κ1) is 15.2. The van der Waals surface area contributed by atoms with Gasteiger partial charge in [0.25, 0.3) is 0 Å². The number of hydrogen-bond donors (Lipinski definition) is 0. The third kappa shape index (κ3) is 3.37. The molecule has 0 fully saturated rings. The smallest absolute Gasteiger partial charge is 0.120 e. The standard InChI is InChI=1S/C18H17ClN2S/c1-13(2)11-21-17-6-4-3-5-16(17)20-18(21)12-22-15-9-7-14(19)8-10-15/h3-10H,1,11-12H2,2H3. The SMILES string of the molecule is C=C(C)Cn1c(CSc2ccc(Cl)cc2)nc2ccccc21. The van der Waals surface area contributed by atoms with Crippen molar-refractivity contribution in [1.29, 1.82) is 0 Å². The summed E-state index contributed by atoms with van der Waals surface area (Å²) >= 11 is 7.70. The van der Waals surface area contributed by atoms with Gasteiger partial charge in [0, 0.05) is 16.5 Å². The summed E-state index contributed by atoms with van der Waals surface area (Å²) in [6.07, 6.45) is 0. The van der Waals surface area contributed by atoms with Gasteiger partial charge in [0.1, 0.15) is 5.82 Å². The highest BCUT2D eigenvalue weighted by molar-refractivity contribution is 7.98. The Kier molecular flexibility index (Phi) is 4.55.